The highest BCUT2D eigenvalue weighted by Crippen LogP contribution is 2.14. The monoisotopic (exact) mass is 210 g/mol. The summed E-state index contributed by atoms with van der Waals surface area (Å²) >= 11 is 0. The lowest BCUT2D eigenvalue weighted by Crippen LogP contribution is -1.80. The fourth-order valence-electron chi connectivity index (χ4n) is 1.50. The third kappa shape index (κ3) is 2.54. The van der Waals surface area contributed by atoms with Gasteiger partial charge in [0.1, 0.15) is 0 Å². The first-order valence-electron chi connectivity index (χ1n) is 5.44. The predicted molar refractivity (Wildman–Crippen MR) is 68.0 cm³/mol. The van der Waals surface area contributed by atoms with E-state index in [0.29, 0.717) is 0 Å². The van der Waals surface area contributed by atoms with Crippen LogP contribution in [-0.2, 0) is 0 Å². The quantitative estimate of drug-likeness (QED) is 0.723. The standard InChI is InChI=1S/C14H14N2/c1-2-3-4-5-6-12-7-8-13-10-15-16-11-14(13)9-12/h3-11H,2H2,1H3. The van der Waals surface area contributed by atoms with Crippen LogP contribution in [0.25, 0.3) is 16.8 Å². The minimum atomic E-state index is 1.07. The summed E-state index contributed by atoms with van der Waals surface area (Å²) in [5.74, 6) is 0. The molecule has 0 spiro atoms. The molecular weight excluding hydrogens is 196 g/mol. The van der Waals surface area contributed by atoms with Crippen molar-refractivity contribution in [2.75, 3.05) is 0 Å². The van der Waals surface area contributed by atoms with E-state index in [2.05, 4.69) is 59.6 Å². The molecule has 0 aliphatic rings. The molecule has 0 saturated heterocycles. The van der Waals surface area contributed by atoms with Crippen molar-refractivity contribution in [3.8, 4) is 0 Å². The van der Waals surface area contributed by atoms with Crippen molar-refractivity contribution >= 4 is 16.8 Å². The number of hydrogen-bond donors (Lipinski definition) is 0. The first-order valence-corrected chi connectivity index (χ1v) is 5.44. The highest BCUT2D eigenvalue weighted by Gasteiger charge is 1.93. The molecule has 2 nitrogen and oxygen atoms in total. The molecular formula is C14H14N2. The number of hydrogen-bond acceptors (Lipinski definition) is 2. The Balaban J connectivity index is 2.26. The van der Waals surface area contributed by atoms with Crippen molar-refractivity contribution in [1.82, 2.24) is 10.2 Å². The Morgan fingerprint density at radius 3 is 2.69 bits per heavy atom. The summed E-state index contributed by atoms with van der Waals surface area (Å²) in [5, 5.41) is 9.97. The van der Waals surface area contributed by atoms with Gasteiger partial charge >= 0.3 is 0 Å². The zero-order valence-electron chi connectivity index (χ0n) is 9.30. The van der Waals surface area contributed by atoms with Gasteiger partial charge < -0.3 is 0 Å². The molecule has 0 aliphatic carbocycles. The fourth-order valence-corrected chi connectivity index (χ4v) is 1.50. The normalized spacial score (nSPS) is 11.8. The first-order chi connectivity index (χ1) is 7.90. The maximum atomic E-state index is 3.88. The molecule has 0 amide bonds. The molecule has 0 saturated carbocycles. The summed E-state index contributed by atoms with van der Waals surface area (Å²) in [6.07, 6.45) is 13.0. The Labute approximate surface area is 95.3 Å². The fraction of sp³-hybridized carbons (Fsp3) is 0.143. The molecule has 0 unspecified atom stereocenters. The average Bonchev–Trinajstić information content (AvgIpc) is 2.34. The van der Waals surface area contributed by atoms with Gasteiger partial charge in [-0.3, -0.25) is 0 Å². The lowest BCUT2D eigenvalue weighted by Gasteiger charge is -1.97. The van der Waals surface area contributed by atoms with Crippen LogP contribution in [0.3, 0.4) is 0 Å². The third-order valence-electron chi connectivity index (χ3n) is 2.34. The molecule has 1 heterocycles. The predicted octanol–water partition coefficient (Wildman–Crippen LogP) is 3.61. The summed E-state index contributed by atoms with van der Waals surface area (Å²) in [5.41, 5.74) is 1.18. The molecule has 0 radical (unpaired) electrons. The number of aromatic nitrogens is 2. The van der Waals surface area contributed by atoms with Crippen LogP contribution in [-0.4, -0.2) is 10.2 Å². The first kappa shape index (κ1) is 10.6. The molecule has 1 aromatic carbocycles. The van der Waals surface area contributed by atoms with E-state index in [4.69, 9.17) is 0 Å². The summed E-state index contributed by atoms with van der Waals surface area (Å²) in [7, 11) is 0. The van der Waals surface area contributed by atoms with Crippen LogP contribution < -0.4 is 0 Å². The van der Waals surface area contributed by atoms with Crippen molar-refractivity contribution < 1.29 is 0 Å². The van der Waals surface area contributed by atoms with Crippen LogP contribution in [0.15, 0.2) is 48.8 Å². The summed E-state index contributed by atoms with van der Waals surface area (Å²) in [6, 6.07) is 6.26. The van der Waals surface area contributed by atoms with Gasteiger partial charge in [-0.15, -0.1) is 0 Å². The highest BCUT2D eigenvalue weighted by molar-refractivity contribution is 5.83. The molecule has 2 rings (SSSR count). The van der Waals surface area contributed by atoms with E-state index in [1.54, 1.807) is 12.4 Å². The highest BCUT2D eigenvalue weighted by atomic mass is 15.1. The molecule has 2 heteroatoms. The van der Waals surface area contributed by atoms with E-state index < -0.39 is 0 Å². The van der Waals surface area contributed by atoms with Gasteiger partial charge in [-0.2, -0.15) is 10.2 Å². The Morgan fingerprint density at radius 2 is 1.88 bits per heavy atom. The van der Waals surface area contributed by atoms with Crippen molar-refractivity contribution in [1.29, 1.82) is 0 Å². The van der Waals surface area contributed by atoms with Crippen LogP contribution in [0, 0.1) is 0 Å². The van der Waals surface area contributed by atoms with Crippen LogP contribution >= 0.6 is 0 Å². The SMILES string of the molecule is CCC=CC=Cc1ccc2cnncc2c1. The maximum absolute atomic E-state index is 3.88. The summed E-state index contributed by atoms with van der Waals surface area (Å²) in [4.78, 5) is 0. The van der Waals surface area contributed by atoms with Gasteiger partial charge in [0.25, 0.3) is 0 Å². The zero-order valence-corrected chi connectivity index (χ0v) is 9.30. The Bertz CT molecular complexity index is 527. The average molecular weight is 210 g/mol. The van der Waals surface area contributed by atoms with Gasteiger partial charge in [0.05, 0.1) is 12.4 Å². The van der Waals surface area contributed by atoms with Crippen LogP contribution in [0.1, 0.15) is 18.9 Å². The van der Waals surface area contributed by atoms with Crippen LogP contribution in [0.4, 0.5) is 0 Å². The molecule has 1 aromatic heterocycles. The molecule has 0 N–H and O–H groups in total. The molecule has 0 fully saturated rings. The molecule has 80 valence electrons. The lowest BCUT2D eigenvalue weighted by molar-refractivity contribution is 1.05. The van der Waals surface area contributed by atoms with Gasteiger partial charge in [-0.1, -0.05) is 43.4 Å². The lowest BCUT2D eigenvalue weighted by atomic mass is 10.1. The molecule has 2 aromatic rings. The molecule has 0 atom stereocenters. The minimum Gasteiger partial charge on any atom is -0.158 e. The number of benzene rings is 1. The number of fused-ring (bicyclic) bond motifs is 1. The van der Waals surface area contributed by atoms with Crippen molar-refractivity contribution in [2.45, 2.75) is 13.3 Å². The second-order valence-corrected chi connectivity index (χ2v) is 3.57. The van der Waals surface area contributed by atoms with Crippen molar-refractivity contribution in [3.05, 3.63) is 54.4 Å². The maximum Gasteiger partial charge on any atom is 0.0574 e. The van der Waals surface area contributed by atoms with Crippen molar-refractivity contribution in [3.63, 3.8) is 0 Å². The Morgan fingerprint density at radius 1 is 1.06 bits per heavy atom. The third-order valence-corrected chi connectivity index (χ3v) is 2.34. The van der Waals surface area contributed by atoms with Crippen molar-refractivity contribution in [2.24, 2.45) is 0 Å². The summed E-state index contributed by atoms with van der Waals surface area (Å²) < 4.78 is 0. The Kier molecular flexibility index (Phi) is 3.44. The van der Waals surface area contributed by atoms with E-state index in [1.165, 1.54) is 5.56 Å². The Hall–Kier alpha value is -1.96. The van der Waals surface area contributed by atoms with Gasteiger partial charge in [0, 0.05) is 10.8 Å². The van der Waals surface area contributed by atoms with E-state index in [0.717, 1.165) is 17.2 Å². The molecule has 16 heavy (non-hydrogen) atoms. The van der Waals surface area contributed by atoms with E-state index >= 15 is 0 Å². The van der Waals surface area contributed by atoms with Crippen LogP contribution in [0.2, 0.25) is 0 Å². The second-order valence-electron chi connectivity index (χ2n) is 3.57. The van der Waals surface area contributed by atoms with E-state index in [-0.39, 0.29) is 0 Å². The largest absolute Gasteiger partial charge is 0.158 e. The zero-order chi connectivity index (χ0) is 11.2. The van der Waals surface area contributed by atoms with Gasteiger partial charge in [-0.05, 0) is 18.1 Å². The topological polar surface area (TPSA) is 25.8 Å². The van der Waals surface area contributed by atoms with Gasteiger partial charge in [-0.25, -0.2) is 0 Å². The molecule has 0 bridgehead atoms. The van der Waals surface area contributed by atoms with Gasteiger partial charge in [0.15, 0.2) is 0 Å². The number of allylic oxidation sites excluding steroid dienone is 3. The smallest absolute Gasteiger partial charge is 0.0574 e. The summed E-state index contributed by atoms with van der Waals surface area (Å²) in [6.45, 7) is 2.12. The molecule has 0 aliphatic heterocycles. The van der Waals surface area contributed by atoms with Gasteiger partial charge in [0.2, 0.25) is 0 Å². The van der Waals surface area contributed by atoms with E-state index in [9.17, 15) is 0 Å². The number of rotatable bonds is 3. The van der Waals surface area contributed by atoms with E-state index in [1.807, 2.05) is 0 Å². The minimum absolute atomic E-state index is 1.07. The second kappa shape index (κ2) is 5.21. The van der Waals surface area contributed by atoms with Crippen LogP contribution in [0.5, 0.6) is 0 Å². The number of nitrogens with zero attached hydrogens (tertiary/aromatic N) is 2.